The zero-order valence-corrected chi connectivity index (χ0v) is 19.0. The number of nitrogens with zero attached hydrogens (tertiary/aromatic N) is 6. The van der Waals surface area contributed by atoms with Crippen LogP contribution in [-0.2, 0) is 11.2 Å². The molecule has 0 unspecified atom stereocenters. The summed E-state index contributed by atoms with van der Waals surface area (Å²) in [4.78, 5) is 29.9. The third-order valence-corrected chi connectivity index (χ3v) is 5.93. The highest BCUT2D eigenvalue weighted by Gasteiger charge is 2.18. The number of hydrogen-bond acceptors (Lipinski definition) is 10. The average Bonchev–Trinajstić information content (AvgIpc) is 3.28. The molecule has 3 aromatic rings. The average molecular weight is 462 g/mol. The molecule has 1 aliphatic heterocycles. The Bertz CT molecular complexity index is 1180. The molecule has 0 aliphatic carbocycles. The van der Waals surface area contributed by atoms with E-state index in [1.807, 2.05) is 18.2 Å². The van der Waals surface area contributed by atoms with Crippen LogP contribution in [-0.4, -0.2) is 58.9 Å². The van der Waals surface area contributed by atoms with Crippen molar-refractivity contribution in [3.05, 3.63) is 59.6 Å². The largest absolute Gasteiger partial charge is 0.424 e. The number of carbonyl (C=O) groups excluding carboxylic acids is 1. The van der Waals surface area contributed by atoms with Gasteiger partial charge in [0.05, 0.1) is 6.20 Å². The maximum atomic E-state index is 11.6. The van der Waals surface area contributed by atoms with E-state index in [1.165, 1.54) is 23.6 Å². The Hall–Kier alpha value is -3.81. The van der Waals surface area contributed by atoms with Crippen LogP contribution >= 0.6 is 11.3 Å². The third kappa shape index (κ3) is 5.91. The highest BCUT2D eigenvalue weighted by atomic mass is 32.1. The number of benzene rings is 1. The van der Waals surface area contributed by atoms with Crippen LogP contribution in [0.25, 0.3) is 0 Å². The molecule has 33 heavy (non-hydrogen) atoms. The second kappa shape index (κ2) is 10.2. The fourth-order valence-corrected chi connectivity index (χ4v) is 3.89. The first-order valence-electron chi connectivity index (χ1n) is 10.4. The molecule has 1 N–H and O–H groups in total. The summed E-state index contributed by atoms with van der Waals surface area (Å²) in [5.41, 5.74) is 0.874. The molecule has 0 spiro atoms. The minimum atomic E-state index is -0.0377. The van der Waals surface area contributed by atoms with Crippen molar-refractivity contribution in [2.45, 2.75) is 6.42 Å². The van der Waals surface area contributed by atoms with Crippen LogP contribution in [0.2, 0.25) is 0 Å². The molecule has 1 aromatic carbocycles. The van der Waals surface area contributed by atoms with Gasteiger partial charge >= 0.3 is 6.01 Å². The number of ether oxygens (including phenoxy) is 1. The Balaban J connectivity index is 1.57. The lowest BCUT2D eigenvalue weighted by Gasteiger charge is -2.33. The molecule has 3 heterocycles. The molecule has 168 valence electrons. The standard InChI is InChI=1S/C23H23N7O2S/c1-3-17(31)12-16-4-6-18(7-5-16)32-22-26-20(27-23-25-15-19(14-24)33-23)13-21(28-22)30-10-8-29(2)9-11-30/h3-7,13,15H,1,8-12H2,2H3,(H,25,26,27,28). The van der Waals surface area contributed by atoms with Crippen LogP contribution in [0.3, 0.4) is 0 Å². The molecule has 0 bridgehead atoms. The number of anilines is 3. The molecule has 1 saturated heterocycles. The van der Waals surface area contributed by atoms with E-state index in [4.69, 9.17) is 10.00 Å². The van der Waals surface area contributed by atoms with Gasteiger partial charge in [-0.05, 0) is 30.8 Å². The van der Waals surface area contributed by atoms with Crippen molar-refractivity contribution in [2.75, 3.05) is 43.4 Å². The van der Waals surface area contributed by atoms with E-state index in [0.717, 1.165) is 37.6 Å². The van der Waals surface area contributed by atoms with Crippen LogP contribution in [0.4, 0.5) is 16.8 Å². The number of allylic oxidation sites excluding steroid dienone is 1. The van der Waals surface area contributed by atoms with Crippen LogP contribution in [0.15, 0.2) is 49.2 Å². The molecular weight excluding hydrogens is 438 g/mol. The van der Waals surface area contributed by atoms with Crippen LogP contribution in [0.1, 0.15) is 10.4 Å². The summed E-state index contributed by atoms with van der Waals surface area (Å²) in [6.07, 6.45) is 3.13. The van der Waals surface area contributed by atoms with E-state index in [-0.39, 0.29) is 11.8 Å². The SMILES string of the molecule is C=CC(=O)Cc1ccc(Oc2nc(Nc3ncc(C#N)s3)cc(N3CCN(C)CC3)n2)cc1. The van der Waals surface area contributed by atoms with Crippen molar-refractivity contribution in [1.82, 2.24) is 19.9 Å². The van der Waals surface area contributed by atoms with Crippen LogP contribution in [0.5, 0.6) is 11.8 Å². The predicted octanol–water partition coefficient (Wildman–Crippen LogP) is 3.39. The smallest absolute Gasteiger partial charge is 0.325 e. The molecule has 1 aliphatic rings. The molecule has 0 saturated carbocycles. The van der Waals surface area contributed by atoms with E-state index in [1.54, 1.807) is 12.1 Å². The number of thiazole rings is 1. The Morgan fingerprint density at radius 3 is 2.70 bits per heavy atom. The van der Waals surface area contributed by atoms with Gasteiger partial charge in [0.1, 0.15) is 28.3 Å². The number of likely N-dealkylation sites (N-methyl/N-ethyl adjacent to an activating group) is 1. The molecule has 0 radical (unpaired) electrons. The highest BCUT2D eigenvalue weighted by molar-refractivity contribution is 7.16. The fraction of sp³-hybridized carbons (Fsp3) is 0.261. The lowest BCUT2D eigenvalue weighted by molar-refractivity contribution is -0.114. The van der Waals surface area contributed by atoms with Crippen molar-refractivity contribution in [2.24, 2.45) is 0 Å². The summed E-state index contributed by atoms with van der Waals surface area (Å²) < 4.78 is 5.95. The topological polar surface area (TPSA) is 107 Å². The minimum absolute atomic E-state index is 0.0377. The zero-order chi connectivity index (χ0) is 23.2. The second-order valence-electron chi connectivity index (χ2n) is 7.54. The van der Waals surface area contributed by atoms with Crippen molar-refractivity contribution in [3.8, 4) is 17.8 Å². The Morgan fingerprint density at radius 1 is 1.27 bits per heavy atom. The van der Waals surface area contributed by atoms with Crippen molar-refractivity contribution in [3.63, 3.8) is 0 Å². The Labute approximate surface area is 196 Å². The van der Waals surface area contributed by atoms with E-state index in [2.05, 4.69) is 49.8 Å². The van der Waals surface area contributed by atoms with Gasteiger partial charge in [0.2, 0.25) is 0 Å². The Morgan fingerprint density at radius 2 is 2.03 bits per heavy atom. The molecule has 1 fully saturated rings. The predicted molar refractivity (Wildman–Crippen MR) is 127 cm³/mol. The van der Waals surface area contributed by atoms with Crippen molar-refractivity contribution >= 4 is 33.9 Å². The van der Waals surface area contributed by atoms with Gasteiger partial charge in [-0.2, -0.15) is 15.2 Å². The first kappa shape index (κ1) is 22.4. The summed E-state index contributed by atoms with van der Waals surface area (Å²) in [6, 6.07) is 11.4. The van der Waals surface area contributed by atoms with E-state index in [0.29, 0.717) is 28.0 Å². The number of rotatable bonds is 8. The number of nitrogens with one attached hydrogen (secondary N) is 1. The Kier molecular flexibility index (Phi) is 6.92. The lowest BCUT2D eigenvalue weighted by atomic mass is 10.1. The molecular formula is C23H23N7O2S. The number of carbonyl (C=O) groups is 1. The van der Waals surface area contributed by atoms with E-state index < -0.39 is 0 Å². The van der Waals surface area contributed by atoms with E-state index >= 15 is 0 Å². The summed E-state index contributed by atoms with van der Waals surface area (Å²) in [7, 11) is 2.10. The minimum Gasteiger partial charge on any atom is -0.424 e. The quantitative estimate of drug-likeness (QED) is 0.505. The van der Waals surface area contributed by atoms with Gasteiger partial charge in [-0.3, -0.25) is 4.79 Å². The summed E-state index contributed by atoms with van der Waals surface area (Å²) in [5.74, 6) is 1.80. The molecule has 2 aromatic heterocycles. The van der Waals surface area contributed by atoms with Crippen molar-refractivity contribution < 1.29 is 9.53 Å². The first-order chi connectivity index (χ1) is 16.0. The molecule has 0 atom stereocenters. The number of hydrogen-bond donors (Lipinski definition) is 1. The van der Waals surface area contributed by atoms with Gasteiger partial charge in [0.25, 0.3) is 0 Å². The number of ketones is 1. The monoisotopic (exact) mass is 461 g/mol. The maximum Gasteiger partial charge on any atom is 0.325 e. The number of nitriles is 1. The molecule has 9 nitrogen and oxygen atoms in total. The van der Waals surface area contributed by atoms with Gasteiger partial charge in [-0.15, -0.1) is 0 Å². The normalized spacial score (nSPS) is 13.9. The van der Waals surface area contributed by atoms with Gasteiger partial charge in [-0.25, -0.2) is 4.98 Å². The fourth-order valence-electron chi connectivity index (χ4n) is 3.27. The van der Waals surface area contributed by atoms with Crippen LogP contribution < -0.4 is 15.0 Å². The van der Waals surface area contributed by atoms with Gasteiger partial charge in [-0.1, -0.05) is 30.0 Å². The van der Waals surface area contributed by atoms with E-state index in [9.17, 15) is 4.79 Å². The maximum absolute atomic E-state index is 11.6. The summed E-state index contributed by atoms with van der Waals surface area (Å²) in [5, 5.41) is 12.8. The third-order valence-electron chi connectivity index (χ3n) is 5.11. The second-order valence-corrected chi connectivity index (χ2v) is 8.57. The molecule has 4 rings (SSSR count). The van der Waals surface area contributed by atoms with Gasteiger partial charge in [0, 0.05) is 38.7 Å². The van der Waals surface area contributed by atoms with Gasteiger partial charge in [0.15, 0.2) is 10.9 Å². The highest BCUT2D eigenvalue weighted by Crippen LogP contribution is 2.28. The molecule has 10 heteroatoms. The van der Waals surface area contributed by atoms with Gasteiger partial charge < -0.3 is 19.9 Å². The first-order valence-corrected chi connectivity index (χ1v) is 11.2. The molecule has 0 amide bonds. The number of aromatic nitrogens is 3. The van der Waals surface area contributed by atoms with Crippen molar-refractivity contribution in [1.29, 1.82) is 5.26 Å². The summed E-state index contributed by atoms with van der Waals surface area (Å²) in [6.45, 7) is 7.06. The zero-order valence-electron chi connectivity index (χ0n) is 18.2. The summed E-state index contributed by atoms with van der Waals surface area (Å²) >= 11 is 1.25. The lowest BCUT2D eigenvalue weighted by Crippen LogP contribution is -2.44. The van der Waals surface area contributed by atoms with Crippen LogP contribution in [0, 0.1) is 11.3 Å². The number of piperazine rings is 1.